The third kappa shape index (κ3) is 11.8. The number of benzene rings is 3. The summed E-state index contributed by atoms with van der Waals surface area (Å²) in [5.41, 5.74) is 3.56. The van der Waals surface area contributed by atoms with Crippen LogP contribution in [0.2, 0.25) is 0 Å². The average Bonchev–Trinajstić information content (AvgIpc) is 2.96. The molecule has 3 rings (SSSR count). The Morgan fingerprint density at radius 3 is 1.89 bits per heavy atom. The minimum Gasteiger partial charge on any atom is -0.494 e. The number of rotatable bonds is 15. The minimum absolute atomic E-state index is 0.373. The van der Waals surface area contributed by atoms with Gasteiger partial charge in [0.2, 0.25) is 0 Å². The van der Waals surface area contributed by atoms with Crippen LogP contribution in [0.5, 0.6) is 11.5 Å². The molecule has 0 fully saturated rings. The second-order valence-electron chi connectivity index (χ2n) is 9.56. The van der Waals surface area contributed by atoms with Gasteiger partial charge in [0, 0.05) is 0 Å². The molecule has 3 aromatic carbocycles. The fourth-order valence-electron chi connectivity index (χ4n) is 3.75. The number of alkyl halides is 1. The van der Waals surface area contributed by atoms with Gasteiger partial charge in [-0.15, -0.1) is 0 Å². The monoisotopic (exact) mass is 522 g/mol. The molecular weight excluding hydrogens is 479 g/mol. The molecule has 0 saturated heterocycles. The molecule has 0 saturated carbocycles. The van der Waals surface area contributed by atoms with Crippen LogP contribution in [0.4, 0.5) is 4.39 Å². The van der Waals surface area contributed by atoms with Crippen molar-refractivity contribution in [1.82, 2.24) is 0 Å². The van der Waals surface area contributed by atoms with Crippen LogP contribution >= 0.6 is 0 Å². The van der Waals surface area contributed by atoms with Crippen LogP contribution in [0.1, 0.15) is 71.3 Å². The van der Waals surface area contributed by atoms with E-state index >= 15 is 0 Å². The summed E-state index contributed by atoms with van der Waals surface area (Å²) in [5.74, 6) is 0.0921. The molecule has 0 aromatic heterocycles. The molecular formula is C33H43FO4. The summed E-state index contributed by atoms with van der Waals surface area (Å²) in [4.78, 5) is 9.92. The van der Waals surface area contributed by atoms with Crippen molar-refractivity contribution in [2.75, 3.05) is 6.61 Å². The minimum atomic E-state index is -1.70. The van der Waals surface area contributed by atoms with Crippen molar-refractivity contribution in [3.8, 4) is 22.6 Å². The zero-order valence-corrected chi connectivity index (χ0v) is 23.1. The first kappa shape index (κ1) is 30.9. The molecule has 0 spiro atoms. The highest BCUT2D eigenvalue weighted by atomic mass is 19.1. The molecule has 0 amide bonds. The van der Waals surface area contributed by atoms with Gasteiger partial charge in [-0.25, -0.2) is 9.18 Å². The number of carbonyl (C=O) groups is 1. The number of unbranched alkanes of at least 4 members (excludes halogenated alkanes) is 5. The van der Waals surface area contributed by atoms with Crippen LogP contribution in [-0.2, 0) is 11.4 Å². The van der Waals surface area contributed by atoms with Crippen LogP contribution in [0.25, 0.3) is 11.1 Å². The lowest BCUT2D eigenvalue weighted by Gasteiger charge is -2.09. The molecule has 2 atom stereocenters. The highest BCUT2D eigenvalue weighted by Crippen LogP contribution is 2.23. The molecule has 0 heterocycles. The van der Waals surface area contributed by atoms with Gasteiger partial charge in [0.25, 0.3) is 0 Å². The predicted octanol–water partition coefficient (Wildman–Crippen LogP) is 9.13. The maximum atomic E-state index is 12.3. The summed E-state index contributed by atoms with van der Waals surface area (Å²) in [5, 5.41) is 8.11. The average molecular weight is 523 g/mol. The third-order valence-corrected chi connectivity index (χ3v) is 6.44. The van der Waals surface area contributed by atoms with E-state index < -0.39 is 12.1 Å². The summed E-state index contributed by atoms with van der Waals surface area (Å²) in [6.07, 6.45) is 6.57. The lowest BCUT2D eigenvalue weighted by molar-refractivity contribution is -0.144. The Labute approximate surface area is 227 Å². The number of hydrogen-bond acceptors (Lipinski definition) is 3. The predicted molar refractivity (Wildman–Crippen MR) is 154 cm³/mol. The topological polar surface area (TPSA) is 55.8 Å². The van der Waals surface area contributed by atoms with Crippen LogP contribution in [0, 0.1) is 5.92 Å². The first-order valence-corrected chi connectivity index (χ1v) is 13.8. The van der Waals surface area contributed by atoms with Crippen molar-refractivity contribution >= 4 is 5.97 Å². The van der Waals surface area contributed by atoms with Gasteiger partial charge in [0.1, 0.15) is 18.1 Å². The van der Waals surface area contributed by atoms with Gasteiger partial charge in [0.15, 0.2) is 6.17 Å². The summed E-state index contributed by atoms with van der Waals surface area (Å²) in [6, 6.07) is 26.9. The summed E-state index contributed by atoms with van der Waals surface area (Å²) in [6.45, 7) is 6.95. The van der Waals surface area contributed by atoms with Gasteiger partial charge >= 0.3 is 5.97 Å². The standard InChI is InChI=1S/C27H32O2.C6H11FO2/c1-2-3-4-5-6-10-21-28-26-17-13-23(14-18-26)22-29-27-19-15-25(16-20-27)24-11-8-7-9-12-24;1-3-4(2)5(7)6(8)9/h7-9,11-20H,2-6,10,21-22H2,1H3;4-5H,3H2,1-2H3,(H,8,9)/t;4?,5-/m.0/s1. The molecule has 0 bridgehead atoms. The van der Waals surface area contributed by atoms with Crippen molar-refractivity contribution < 1.29 is 23.8 Å². The number of halogens is 1. The van der Waals surface area contributed by atoms with E-state index in [0.717, 1.165) is 30.1 Å². The molecule has 0 radical (unpaired) electrons. The smallest absolute Gasteiger partial charge is 0.338 e. The molecule has 38 heavy (non-hydrogen) atoms. The zero-order valence-electron chi connectivity index (χ0n) is 23.1. The van der Waals surface area contributed by atoms with E-state index in [2.05, 4.69) is 55.5 Å². The van der Waals surface area contributed by atoms with Crippen molar-refractivity contribution in [3.63, 3.8) is 0 Å². The number of hydrogen-bond donors (Lipinski definition) is 1. The van der Waals surface area contributed by atoms with Gasteiger partial charge in [-0.3, -0.25) is 0 Å². The zero-order chi connectivity index (χ0) is 27.6. The molecule has 206 valence electrons. The largest absolute Gasteiger partial charge is 0.494 e. The molecule has 0 aliphatic carbocycles. The van der Waals surface area contributed by atoms with Crippen molar-refractivity contribution in [1.29, 1.82) is 0 Å². The van der Waals surface area contributed by atoms with E-state index in [4.69, 9.17) is 14.6 Å². The quantitative estimate of drug-likeness (QED) is 0.202. The summed E-state index contributed by atoms with van der Waals surface area (Å²) in [7, 11) is 0. The van der Waals surface area contributed by atoms with Gasteiger partial charge < -0.3 is 14.6 Å². The Morgan fingerprint density at radius 1 is 0.763 bits per heavy atom. The molecule has 0 aliphatic heterocycles. The van der Waals surface area contributed by atoms with Crippen LogP contribution in [0.3, 0.4) is 0 Å². The van der Waals surface area contributed by atoms with Crippen molar-refractivity contribution in [2.24, 2.45) is 5.92 Å². The van der Waals surface area contributed by atoms with Crippen LogP contribution in [-0.4, -0.2) is 23.9 Å². The molecule has 1 unspecified atom stereocenters. The van der Waals surface area contributed by atoms with Gasteiger partial charge in [-0.1, -0.05) is 114 Å². The Hall–Kier alpha value is -3.34. The van der Waals surface area contributed by atoms with E-state index in [1.807, 2.05) is 30.3 Å². The summed E-state index contributed by atoms with van der Waals surface area (Å²) >= 11 is 0. The van der Waals surface area contributed by atoms with Crippen LogP contribution in [0.15, 0.2) is 78.9 Å². The Morgan fingerprint density at radius 2 is 1.32 bits per heavy atom. The normalized spacial score (nSPS) is 12.1. The number of ether oxygens (including phenoxy) is 2. The molecule has 3 aromatic rings. The number of carboxylic acids is 1. The Balaban J connectivity index is 0.000000484. The highest BCUT2D eigenvalue weighted by Gasteiger charge is 2.21. The van der Waals surface area contributed by atoms with Crippen molar-refractivity contribution in [2.45, 2.75) is 78.5 Å². The van der Waals surface area contributed by atoms with Crippen LogP contribution < -0.4 is 9.47 Å². The molecule has 5 heteroatoms. The summed E-state index contributed by atoms with van der Waals surface area (Å²) < 4.78 is 24.1. The second kappa shape index (κ2) is 18.0. The fourth-order valence-corrected chi connectivity index (χ4v) is 3.75. The molecule has 4 nitrogen and oxygen atoms in total. The highest BCUT2D eigenvalue weighted by molar-refractivity contribution is 5.72. The fraction of sp³-hybridized carbons (Fsp3) is 0.424. The number of aliphatic carboxylic acids is 1. The lowest BCUT2D eigenvalue weighted by Crippen LogP contribution is -2.22. The maximum Gasteiger partial charge on any atom is 0.338 e. The van der Waals surface area contributed by atoms with E-state index in [-0.39, 0.29) is 5.92 Å². The van der Waals surface area contributed by atoms with Crippen molar-refractivity contribution in [3.05, 3.63) is 84.4 Å². The molecule has 0 aliphatic rings. The second-order valence-corrected chi connectivity index (χ2v) is 9.56. The molecule has 1 N–H and O–H groups in total. The SMILES string of the molecule is CCC(C)[C@H](F)C(=O)O.CCCCCCCCOc1ccc(COc2ccc(-c3ccccc3)cc2)cc1. The Bertz CT molecular complexity index is 1020. The number of carboxylic acid groups (broad SMARTS) is 1. The third-order valence-electron chi connectivity index (χ3n) is 6.44. The van der Waals surface area contributed by atoms with E-state index in [9.17, 15) is 9.18 Å². The maximum absolute atomic E-state index is 12.3. The first-order valence-electron chi connectivity index (χ1n) is 13.8. The van der Waals surface area contributed by atoms with E-state index in [0.29, 0.717) is 13.0 Å². The Kier molecular flexibility index (Phi) is 14.6. The van der Waals surface area contributed by atoms with Gasteiger partial charge in [-0.2, -0.15) is 0 Å². The lowest BCUT2D eigenvalue weighted by atomic mass is 10.0. The van der Waals surface area contributed by atoms with Gasteiger partial charge in [-0.05, 0) is 53.3 Å². The van der Waals surface area contributed by atoms with E-state index in [1.165, 1.54) is 43.2 Å². The van der Waals surface area contributed by atoms with Gasteiger partial charge in [0.05, 0.1) is 6.61 Å². The van der Waals surface area contributed by atoms with E-state index in [1.54, 1.807) is 13.8 Å². The first-order chi connectivity index (χ1) is 18.4.